The number of hydrogen-bond acceptors (Lipinski definition) is 6. The number of methoxy groups -OCH3 is 1. The maximum atomic E-state index is 13.2. The molecule has 2 atom stereocenters. The Bertz CT molecular complexity index is 714. The minimum Gasteiger partial charge on any atom is -0.491 e. The van der Waals surface area contributed by atoms with E-state index in [1.54, 1.807) is 6.07 Å². The molecule has 1 aliphatic heterocycles. The van der Waals surface area contributed by atoms with Crippen molar-refractivity contribution in [1.29, 1.82) is 0 Å². The molecule has 0 spiro atoms. The van der Waals surface area contributed by atoms with Gasteiger partial charge in [-0.15, -0.1) is 0 Å². The summed E-state index contributed by atoms with van der Waals surface area (Å²) in [6, 6.07) is 4.34. The van der Waals surface area contributed by atoms with Crippen LogP contribution in [-0.2, 0) is 19.0 Å². The third kappa shape index (κ3) is 7.03. The summed E-state index contributed by atoms with van der Waals surface area (Å²) >= 11 is 0. The second-order valence-corrected chi connectivity index (χ2v) is 6.46. The molecular formula is C20H27FN2O6. The summed E-state index contributed by atoms with van der Waals surface area (Å²) in [4.78, 5) is 25.1. The third-order valence-corrected chi connectivity index (χ3v) is 4.41. The Morgan fingerprint density at radius 1 is 1.28 bits per heavy atom. The first-order valence-electron chi connectivity index (χ1n) is 9.30. The van der Waals surface area contributed by atoms with E-state index >= 15 is 0 Å². The monoisotopic (exact) mass is 410 g/mol. The minimum atomic E-state index is -0.611. The molecule has 1 heterocycles. The smallest absolute Gasteiger partial charge is 0.407 e. The van der Waals surface area contributed by atoms with E-state index in [0.29, 0.717) is 18.9 Å². The van der Waals surface area contributed by atoms with Crippen LogP contribution < -0.4 is 10.1 Å². The van der Waals surface area contributed by atoms with Gasteiger partial charge in [-0.1, -0.05) is 12.6 Å². The number of halogens is 1. The molecule has 1 aromatic rings. The minimum absolute atomic E-state index is 0.234. The van der Waals surface area contributed by atoms with Gasteiger partial charge in [-0.3, -0.25) is 4.79 Å². The van der Waals surface area contributed by atoms with E-state index in [9.17, 15) is 14.0 Å². The molecule has 1 N–H and O–H groups in total. The highest BCUT2D eigenvalue weighted by atomic mass is 19.1. The van der Waals surface area contributed by atoms with Gasteiger partial charge in [0.15, 0.2) is 0 Å². The highest BCUT2D eigenvalue weighted by Gasteiger charge is 2.37. The van der Waals surface area contributed by atoms with Crippen LogP contribution in [0, 0.1) is 12.7 Å². The molecule has 2 amide bonds. The summed E-state index contributed by atoms with van der Waals surface area (Å²) in [6.45, 7) is 6.94. The van der Waals surface area contributed by atoms with Gasteiger partial charge in [0.2, 0.25) is 5.91 Å². The highest BCUT2D eigenvalue weighted by Crippen LogP contribution is 2.18. The summed E-state index contributed by atoms with van der Waals surface area (Å²) in [7, 11) is 1.50. The van der Waals surface area contributed by atoms with Gasteiger partial charge in [-0.25, -0.2) is 9.18 Å². The Balaban J connectivity index is 1.59. The Morgan fingerprint density at radius 2 is 2.03 bits per heavy atom. The van der Waals surface area contributed by atoms with Crippen LogP contribution >= 0.6 is 0 Å². The lowest BCUT2D eigenvalue weighted by Crippen LogP contribution is -2.37. The fourth-order valence-corrected chi connectivity index (χ4v) is 2.84. The van der Waals surface area contributed by atoms with Gasteiger partial charge in [-0.05, 0) is 24.6 Å². The predicted molar refractivity (Wildman–Crippen MR) is 103 cm³/mol. The average Bonchev–Trinajstić information content (AvgIpc) is 3.11. The Labute approximate surface area is 169 Å². The van der Waals surface area contributed by atoms with Crippen molar-refractivity contribution in [3.63, 3.8) is 0 Å². The van der Waals surface area contributed by atoms with Gasteiger partial charge in [0.1, 0.15) is 30.4 Å². The summed E-state index contributed by atoms with van der Waals surface area (Å²) < 4.78 is 34.6. The number of nitrogens with one attached hydrogen (secondary N) is 1. The highest BCUT2D eigenvalue weighted by molar-refractivity contribution is 5.87. The van der Waals surface area contributed by atoms with E-state index in [-0.39, 0.29) is 44.1 Å². The molecule has 1 aromatic carbocycles. The molecule has 0 bridgehead atoms. The molecule has 1 saturated heterocycles. The molecule has 0 aliphatic carbocycles. The molecule has 1 fully saturated rings. The number of carbonyl (C=O) groups is 2. The van der Waals surface area contributed by atoms with Crippen molar-refractivity contribution in [1.82, 2.24) is 10.2 Å². The van der Waals surface area contributed by atoms with Gasteiger partial charge in [0.25, 0.3) is 0 Å². The van der Waals surface area contributed by atoms with Crippen LogP contribution in [0.1, 0.15) is 5.56 Å². The standard InChI is InChI=1S/C20H27FN2O6/c1-4-19(24)23-12-17(26-3)18(13-23)29-20(25)22-7-8-27-9-10-28-16-11-15(21)6-5-14(16)2/h4-6,11,17-18H,1,7-10,12-13H2,2-3H3,(H,22,25)/t17-,18-/m1/s1. The van der Waals surface area contributed by atoms with Crippen LogP contribution in [0.3, 0.4) is 0 Å². The molecule has 8 nitrogen and oxygen atoms in total. The normalized spacial score (nSPS) is 18.4. The van der Waals surface area contributed by atoms with Crippen LogP contribution in [0.5, 0.6) is 5.75 Å². The van der Waals surface area contributed by atoms with Crippen LogP contribution in [0.2, 0.25) is 0 Å². The summed E-state index contributed by atoms with van der Waals surface area (Å²) in [5.41, 5.74) is 0.838. The van der Waals surface area contributed by atoms with Gasteiger partial charge in [0, 0.05) is 19.7 Å². The van der Waals surface area contributed by atoms with Crippen molar-refractivity contribution in [2.24, 2.45) is 0 Å². The largest absolute Gasteiger partial charge is 0.491 e. The molecule has 1 aliphatic rings. The number of alkyl carbamates (subject to hydrolysis) is 1. The maximum absolute atomic E-state index is 13.2. The summed E-state index contributed by atoms with van der Waals surface area (Å²) in [5, 5.41) is 2.58. The third-order valence-electron chi connectivity index (χ3n) is 4.41. The van der Waals surface area contributed by atoms with Crippen LogP contribution in [0.4, 0.5) is 9.18 Å². The Morgan fingerprint density at radius 3 is 2.76 bits per heavy atom. The quantitative estimate of drug-likeness (QED) is 0.467. The van der Waals surface area contributed by atoms with E-state index in [1.165, 1.54) is 30.2 Å². The number of rotatable bonds is 10. The van der Waals surface area contributed by atoms with Crippen LogP contribution in [0.25, 0.3) is 0 Å². The van der Waals surface area contributed by atoms with E-state index in [1.807, 2.05) is 6.92 Å². The van der Waals surface area contributed by atoms with Crippen molar-refractivity contribution in [3.8, 4) is 5.75 Å². The van der Waals surface area contributed by atoms with Gasteiger partial charge in [0.05, 0.1) is 26.3 Å². The first kappa shape index (κ1) is 22.6. The number of aryl methyl sites for hydroxylation is 1. The van der Waals surface area contributed by atoms with Crippen molar-refractivity contribution in [2.75, 3.05) is 46.6 Å². The number of carbonyl (C=O) groups excluding carboxylic acids is 2. The molecule has 160 valence electrons. The summed E-state index contributed by atoms with van der Waals surface area (Å²) in [6.07, 6.45) is -0.330. The van der Waals surface area contributed by atoms with E-state index in [4.69, 9.17) is 18.9 Å². The number of ether oxygens (including phenoxy) is 4. The van der Waals surface area contributed by atoms with Gasteiger partial charge >= 0.3 is 6.09 Å². The SMILES string of the molecule is C=CC(=O)N1C[C@@H](OC)[C@H](OC(=O)NCCOCCOc2cc(F)ccc2C)C1. The van der Waals surface area contributed by atoms with Crippen LogP contribution in [-0.4, -0.2) is 75.7 Å². The summed E-state index contributed by atoms with van der Waals surface area (Å²) in [5.74, 6) is -0.115. The lowest BCUT2D eigenvalue weighted by molar-refractivity contribution is -0.125. The zero-order valence-electron chi connectivity index (χ0n) is 16.7. The molecule has 0 aromatic heterocycles. The topological polar surface area (TPSA) is 86.3 Å². The molecule has 0 saturated carbocycles. The second-order valence-electron chi connectivity index (χ2n) is 6.46. The number of hydrogen-bond donors (Lipinski definition) is 1. The van der Waals surface area contributed by atoms with Gasteiger partial charge < -0.3 is 29.2 Å². The fourth-order valence-electron chi connectivity index (χ4n) is 2.84. The van der Waals surface area contributed by atoms with Crippen molar-refractivity contribution in [3.05, 3.63) is 42.2 Å². The first-order valence-corrected chi connectivity index (χ1v) is 9.30. The Kier molecular flexibility index (Phi) is 8.88. The van der Waals surface area contributed by atoms with Crippen molar-refractivity contribution >= 4 is 12.0 Å². The van der Waals surface area contributed by atoms with Crippen LogP contribution in [0.15, 0.2) is 30.9 Å². The predicted octanol–water partition coefficient (Wildman–Crippen LogP) is 1.67. The first-order chi connectivity index (χ1) is 13.9. The zero-order chi connectivity index (χ0) is 21.2. The fraction of sp³-hybridized carbons (Fsp3) is 0.500. The van der Waals surface area contributed by atoms with Crippen molar-refractivity contribution < 1.29 is 32.9 Å². The lowest BCUT2D eigenvalue weighted by atomic mass is 10.2. The Hall–Kier alpha value is -2.65. The number of likely N-dealkylation sites (tertiary alicyclic amines) is 1. The second kappa shape index (κ2) is 11.4. The molecule has 29 heavy (non-hydrogen) atoms. The number of benzene rings is 1. The van der Waals surface area contributed by atoms with E-state index in [0.717, 1.165) is 5.56 Å². The molecule has 0 unspecified atom stereocenters. The average molecular weight is 410 g/mol. The number of amides is 2. The lowest BCUT2D eigenvalue weighted by Gasteiger charge is -2.17. The number of nitrogens with zero attached hydrogens (tertiary/aromatic N) is 1. The molecular weight excluding hydrogens is 383 g/mol. The molecule has 2 rings (SSSR count). The molecule has 9 heteroatoms. The maximum Gasteiger partial charge on any atom is 0.407 e. The van der Waals surface area contributed by atoms with E-state index < -0.39 is 12.2 Å². The van der Waals surface area contributed by atoms with Gasteiger partial charge in [-0.2, -0.15) is 0 Å². The molecule has 0 radical (unpaired) electrons. The van der Waals surface area contributed by atoms with E-state index in [2.05, 4.69) is 11.9 Å². The van der Waals surface area contributed by atoms with Crippen molar-refractivity contribution in [2.45, 2.75) is 19.1 Å². The zero-order valence-corrected chi connectivity index (χ0v) is 16.7.